The summed E-state index contributed by atoms with van der Waals surface area (Å²) in [6.45, 7) is 1.49. The summed E-state index contributed by atoms with van der Waals surface area (Å²) >= 11 is 0. The molecule has 3 rings (SSSR count). The van der Waals surface area contributed by atoms with E-state index in [1.807, 2.05) is 11.0 Å². The standard InChI is InChI=1S/C18H14F3N3O/c19-14-2-1-3-17(13(14)11-22)23-6-8-24(9-7-23)18(25)12-4-5-15(20)16(21)10-12/h1-5,10H,6-9H2. The maximum absolute atomic E-state index is 13.7. The summed E-state index contributed by atoms with van der Waals surface area (Å²) in [7, 11) is 0. The number of piperazine rings is 1. The number of nitriles is 1. The van der Waals surface area contributed by atoms with E-state index in [4.69, 9.17) is 5.26 Å². The molecule has 0 aliphatic carbocycles. The van der Waals surface area contributed by atoms with E-state index in [2.05, 4.69) is 0 Å². The Balaban J connectivity index is 1.72. The molecule has 0 atom stereocenters. The van der Waals surface area contributed by atoms with E-state index >= 15 is 0 Å². The average molecular weight is 345 g/mol. The third kappa shape index (κ3) is 3.29. The van der Waals surface area contributed by atoms with Crippen LogP contribution in [0, 0.1) is 28.8 Å². The van der Waals surface area contributed by atoms with Gasteiger partial charge in [0.1, 0.15) is 17.4 Å². The summed E-state index contributed by atoms with van der Waals surface area (Å²) in [5.41, 5.74) is 0.543. The van der Waals surface area contributed by atoms with Crippen molar-refractivity contribution in [2.75, 3.05) is 31.1 Å². The Labute approximate surface area is 142 Å². The highest BCUT2D eigenvalue weighted by Crippen LogP contribution is 2.24. The monoisotopic (exact) mass is 345 g/mol. The first-order chi connectivity index (χ1) is 12.0. The molecular formula is C18H14F3N3O. The molecule has 0 bridgehead atoms. The number of carbonyl (C=O) groups excluding carboxylic acids is 1. The predicted molar refractivity (Wildman–Crippen MR) is 85.6 cm³/mol. The van der Waals surface area contributed by atoms with E-state index < -0.39 is 23.4 Å². The van der Waals surface area contributed by atoms with Crippen molar-refractivity contribution in [2.24, 2.45) is 0 Å². The fourth-order valence-corrected chi connectivity index (χ4v) is 2.85. The first-order valence-electron chi connectivity index (χ1n) is 7.69. The van der Waals surface area contributed by atoms with E-state index in [1.54, 1.807) is 6.07 Å². The molecule has 1 fully saturated rings. The molecule has 0 spiro atoms. The van der Waals surface area contributed by atoms with Crippen LogP contribution in [0.15, 0.2) is 36.4 Å². The van der Waals surface area contributed by atoms with Crippen molar-refractivity contribution in [1.82, 2.24) is 4.90 Å². The minimum Gasteiger partial charge on any atom is -0.367 e. The summed E-state index contributed by atoms with van der Waals surface area (Å²) < 4.78 is 40.0. The van der Waals surface area contributed by atoms with Crippen LogP contribution in [-0.2, 0) is 0 Å². The molecule has 25 heavy (non-hydrogen) atoms. The van der Waals surface area contributed by atoms with Gasteiger partial charge in [-0.25, -0.2) is 13.2 Å². The van der Waals surface area contributed by atoms with Gasteiger partial charge in [0, 0.05) is 31.7 Å². The fourth-order valence-electron chi connectivity index (χ4n) is 2.85. The molecule has 4 nitrogen and oxygen atoms in total. The van der Waals surface area contributed by atoms with E-state index in [0.29, 0.717) is 31.9 Å². The van der Waals surface area contributed by atoms with Gasteiger partial charge in [0.05, 0.1) is 5.69 Å². The van der Waals surface area contributed by atoms with E-state index in [-0.39, 0.29) is 11.1 Å². The number of anilines is 1. The third-order valence-electron chi connectivity index (χ3n) is 4.18. The lowest BCUT2D eigenvalue weighted by Gasteiger charge is -2.36. The zero-order valence-electron chi connectivity index (χ0n) is 13.2. The number of benzene rings is 2. The Morgan fingerprint density at radius 3 is 2.32 bits per heavy atom. The molecule has 1 heterocycles. The summed E-state index contributed by atoms with van der Waals surface area (Å²) in [5, 5.41) is 9.12. The quantitative estimate of drug-likeness (QED) is 0.841. The van der Waals surface area contributed by atoms with Crippen LogP contribution < -0.4 is 4.90 Å². The molecule has 0 aromatic heterocycles. The second kappa shape index (κ2) is 6.85. The van der Waals surface area contributed by atoms with Gasteiger partial charge < -0.3 is 9.80 Å². The Kier molecular flexibility index (Phi) is 4.61. The van der Waals surface area contributed by atoms with E-state index in [1.165, 1.54) is 23.1 Å². The number of hydrogen-bond donors (Lipinski definition) is 0. The Hall–Kier alpha value is -3.01. The number of hydrogen-bond acceptors (Lipinski definition) is 3. The van der Waals surface area contributed by atoms with Gasteiger partial charge in [-0.3, -0.25) is 4.79 Å². The molecule has 1 amide bonds. The molecule has 0 saturated carbocycles. The second-order valence-corrected chi connectivity index (χ2v) is 5.65. The Morgan fingerprint density at radius 1 is 0.960 bits per heavy atom. The molecule has 7 heteroatoms. The van der Waals surface area contributed by atoms with Gasteiger partial charge in [0.15, 0.2) is 11.6 Å². The highest BCUT2D eigenvalue weighted by molar-refractivity contribution is 5.94. The Bertz CT molecular complexity index is 855. The Morgan fingerprint density at radius 2 is 1.68 bits per heavy atom. The second-order valence-electron chi connectivity index (χ2n) is 5.65. The number of rotatable bonds is 2. The van der Waals surface area contributed by atoms with Crippen LogP contribution in [0.1, 0.15) is 15.9 Å². The maximum Gasteiger partial charge on any atom is 0.254 e. The van der Waals surface area contributed by atoms with Gasteiger partial charge in [0.2, 0.25) is 0 Å². The first-order valence-corrected chi connectivity index (χ1v) is 7.69. The molecule has 128 valence electrons. The van der Waals surface area contributed by atoms with Crippen LogP contribution in [0.2, 0.25) is 0 Å². The zero-order chi connectivity index (χ0) is 18.0. The molecule has 1 aliphatic heterocycles. The van der Waals surface area contributed by atoms with Crippen LogP contribution in [-0.4, -0.2) is 37.0 Å². The number of carbonyl (C=O) groups is 1. The third-order valence-corrected chi connectivity index (χ3v) is 4.18. The summed E-state index contributed by atoms with van der Waals surface area (Å²) in [4.78, 5) is 15.7. The van der Waals surface area contributed by atoms with Gasteiger partial charge in [-0.05, 0) is 30.3 Å². The van der Waals surface area contributed by atoms with Gasteiger partial charge in [-0.2, -0.15) is 5.26 Å². The van der Waals surface area contributed by atoms with Crippen molar-refractivity contribution in [3.8, 4) is 6.07 Å². The summed E-state index contributed by atoms with van der Waals surface area (Å²) in [6.07, 6.45) is 0. The topological polar surface area (TPSA) is 47.3 Å². The molecule has 0 radical (unpaired) electrons. The predicted octanol–water partition coefficient (Wildman–Crippen LogP) is 2.94. The minimum atomic E-state index is -1.07. The zero-order valence-corrected chi connectivity index (χ0v) is 13.2. The average Bonchev–Trinajstić information content (AvgIpc) is 2.63. The summed E-state index contributed by atoms with van der Waals surface area (Å²) in [5.74, 6) is -3.04. The molecule has 1 aliphatic rings. The van der Waals surface area contributed by atoms with Crippen molar-refractivity contribution in [2.45, 2.75) is 0 Å². The molecule has 0 N–H and O–H groups in total. The fraction of sp³-hybridized carbons (Fsp3) is 0.222. The lowest BCUT2D eigenvalue weighted by molar-refractivity contribution is 0.0746. The van der Waals surface area contributed by atoms with Gasteiger partial charge in [-0.15, -0.1) is 0 Å². The molecule has 2 aromatic rings. The van der Waals surface area contributed by atoms with Gasteiger partial charge >= 0.3 is 0 Å². The number of nitrogens with zero attached hydrogens (tertiary/aromatic N) is 3. The number of halogens is 3. The van der Waals surface area contributed by atoms with Crippen LogP contribution in [0.5, 0.6) is 0 Å². The van der Waals surface area contributed by atoms with Crippen molar-refractivity contribution < 1.29 is 18.0 Å². The molecule has 1 saturated heterocycles. The molecule has 0 unspecified atom stereocenters. The smallest absolute Gasteiger partial charge is 0.254 e. The lowest BCUT2D eigenvalue weighted by atomic mass is 10.1. The first kappa shape index (κ1) is 16.8. The normalized spacial score (nSPS) is 14.3. The SMILES string of the molecule is N#Cc1c(F)cccc1N1CCN(C(=O)c2ccc(F)c(F)c2)CC1. The van der Waals surface area contributed by atoms with Crippen molar-refractivity contribution >= 4 is 11.6 Å². The highest BCUT2D eigenvalue weighted by atomic mass is 19.2. The van der Waals surface area contributed by atoms with Gasteiger partial charge in [0.25, 0.3) is 5.91 Å². The summed E-state index contributed by atoms with van der Waals surface area (Å²) in [6, 6.07) is 9.32. The van der Waals surface area contributed by atoms with Crippen LogP contribution in [0.4, 0.5) is 18.9 Å². The number of amides is 1. The molecular weight excluding hydrogens is 331 g/mol. The molecule has 2 aromatic carbocycles. The van der Waals surface area contributed by atoms with Crippen molar-refractivity contribution in [1.29, 1.82) is 5.26 Å². The highest BCUT2D eigenvalue weighted by Gasteiger charge is 2.24. The van der Waals surface area contributed by atoms with Crippen LogP contribution in [0.25, 0.3) is 0 Å². The van der Waals surface area contributed by atoms with Crippen LogP contribution >= 0.6 is 0 Å². The van der Waals surface area contributed by atoms with E-state index in [9.17, 15) is 18.0 Å². The van der Waals surface area contributed by atoms with Crippen LogP contribution in [0.3, 0.4) is 0 Å². The lowest BCUT2D eigenvalue weighted by Crippen LogP contribution is -2.49. The van der Waals surface area contributed by atoms with Crippen molar-refractivity contribution in [3.05, 3.63) is 65.0 Å². The van der Waals surface area contributed by atoms with Crippen molar-refractivity contribution in [3.63, 3.8) is 0 Å². The van der Waals surface area contributed by atoms with E-state index in [0.717, 1.165) is 12.1 Å². The minimum absolute atomic E-state index is 0.0251. The maximum atomic E-state index is 13.7. The largest absolute Gasteiger partial charge is 0.367 e. The van der Waals surface area contributed by atoms with Gasteiger partial charge in [-0.1, -0.05) is 6.07 Å².